The Morgan fingerprint density at radius 2 is 2.14 bits per heavy atom. The molecule has 0 bridgehead atoms. The van der Waals surface area contributed by atoms with E-state index in [0.29, 0.717) is 5.82 Å². The molecule has 1 aromatic heterocycles. The number of sulfonamides is 1. The monoisotopic (exact) mass is 331 g/mol. The third-order valence-electron chi connectivity index (χ3n) is 2.39. The number of hydrogen-bond donors (Lipinski definition) is 1. The van der Waals surface area contributed by atoms with Crippen molar-refractivity contribution in [2.75, 3.05) is 11.8 Å². The Labute approximate surface area is 124 Å². The Balaban J connectivity index is 2.48. The molecule has 0 aliphatic heterocycles. The van der Waals surface area contributed by atoms with E-state index in [9.17, 15) is 17.6 Å². The van der Waals surface area contributed by atoms with E-state index >= 15 is 0 Å². The second-order valence-corrected chi connectivity index (χ2v) is 6.29. The van der Waals surface area contributed by atoms with Crippen LogP contribution in [-0.2, 0) is 14.8 Å². The maximum absolute atomic E-state index is 13.3. The number of esters is 1. The Kier molecular flexibility index (Phi) is 4.19. The van der Waals surface area contributed by atoms with Crippen LogP contribution in [0.3, 0.4) is 0 Å². The van der Waals surface area contributed by atoms with Crippen LogP contribution < -0.4 is 4.72 Å². The third kappa shape index (κ3) is 3.34. The van der Waals surface area contributed by atoms with Crippen LogP contribution in [0.15, 0.2) is 23.1 Å². The molecule has 1 aromatic carbocycles. The smallest absolute Gasteiger partial charge is 0.339 e. The molecule has 1 heterocycles. The van der Waals surface area contributed by atoms with Crippen molar-refractivity contribution in [3.8, 4) is 0 Å². The highest BCUT2D eigenvalue weighted by molar-refractivity contribution is 7.93. The van der Waals surface area contributed by atoms with Gasteiger partial charge in [-0.15, -0.1) is 0 Å². The first kappa shape index (κ1) is 15.3. The van der Waals surface area contributed by atoms with Gasteiger partial charge in [0.2, 0.25) is 5.13 Å². The molecule has 0 aliphatic carbocycles. The molecule has 0 amide bonds. The molecule has 0 saturated heterocycles. The van der Waals surface area contributed by atoms with E-state index in [4.69, 9.17) is 0 Å². The average molecular weight is 331 g/mol. The summed E-state index contributed by atoms with van der Waals surface area (Å²) >= 11 is 0.834. The molecule has 21 heavy (non-hydrogen) atoms. The van der Waals surface area contributed by atoms with Crippen molar-refractivity contribution in [2.24, 2.45) is 0 Å². The first-order chi connectivity index (χ1) is 9.83. The lowest BCUT2D eigenvalue weighted by Gasteiger charge is -2.09. The molecular weight excluding hydrogens is 321 g/mol. The zero-order valence-electron chi connectivity index (χ0n) is 11.0. The molecule has 0 unspecified atom stereocenters. The van der Waals surface area contributed by atoms with E-state index in [0.717, 1.165) is 36.8 Å². The summed E-state index contributed by atoms with van der Waals surface area (Å²) in [6.45, 7) is 1.59. The minimum absolute atomic E-state index is 0.0209. The van der Waals surface area contributed by atoms with Crippen molar-refractivity contribution >= 4 is 32.7 Å². The van der Waals surface area contributed by atoms with Crippen LogP contribution in [-0.4, -0.2) is 30.9 Å². The summed E-state index contributed by atoms with van der Waals surface area (Å²) < 4.78 is 48.3. The van der Waals surface area contributed by atoms with Gasteiger partial charge in [-0.25, -0.2) is 22.6 Å². The van der Waals surface area contributed by atoms with Crippen molar-refractivity contribution in [1.82, 2.24) is 9.36 Å². The fourth-order valence-corrected chi connectivity index (χ4v) is 3.51. The zero-order chi connectivity index (χ0) is 15.6. The van der Waals surface area contributed by atoms with Crippen molar-refractivity contribution in [1.29, 1.82) is 0 Å². The number of rotatable bonds is 4. The maximum Gasteiger partial charge on any atom is 0.339 e. The number of ether oxygens (including phenoxy) is 1. The number of halogens is 1. The van der Waals surface area contributed by atoms with Gasteiger partial charge in [0.25, 0.3) is 10.0 Å². The van der Waals surface area contributed by atoms with Gasteiger partial charge in [-0.05, 0) is 25.1 Å². The van der Waals surface area contributed by atoms with Gasteiger partial charge in [0.1, 0.15) is 16.5 Å². The molecule has 2 rings (SSSR count). The number of carbonyl (C=O) groups is 1. The molecule has 0 spiro atoms. The molecule has 0 radical (unpaired) electrons. The Morgan fingerprint density at radius 1 is 1.43 bits per heavy atom. The number of methoxy groups -OCH3 is 1. The predicted molar refractivity (Wildman–Crippen MR) is 73.2 cm³/mol. The number of anilines is 1. The Morgan fingerprint density at radius 3 is 2.71 bits per heavy atom. The standard InChI is InChI=1S/C11H10FN3O4S2/c1-6-13-11(20-14-6)15-21(17,18)9-5-7(12)3-4-8(9)10(16)19-2/h3-5H,1-2H3,(H,13,14,15). The lowest BCUT2D eigenvalue weighted by atomic mass is 10.2. The highest BCUT2D eigenvalue weighted by Gasteiger charge is 2.25. The van der Waals surface area contributed by atoms with Gasteiger partial charge in [0, 0.05) is 11.5 Å². The molecule has 10 heteroatoms. The molecule has 0 atom stereocenters. The Bertz CT molecular complexity index is 789. The quantitative estimate of drug-likeness (QED) is 0.854. The number of carbonyl (C=O) groups excluding carboxylic acids is 1. The second kappa shape index (κ2) is 5.74. The predicted octanol–water partition coefficient (Wildman–Crippen LogP) is 1.57. The molecule has 7 nitrogen and oxygen atoms in total. The minimum atomic E-state index is -4.19. The molecular formula is C11H10FN3O4S2. The van der Waals surface area contributed by atoms with Crippen molar-refractivity contribution in [3.05, 3.63) is 35.4 Å². The summed E-state index contributed by atoms with van der Waals surface area (Å²) in [6.07, 6.45) is 0. The molecule has 112 valence electrons. The maximum atomic E-state index is 13.3. The normalized spacial score (nSPS) is 11.2. The van der Waals surface area contributed by atoms with Gasteiger partial charge >= 0.3 is 5.97 Å². The van der Waals surface area contributed by atoms with Crippen LogP contribution in [0.5, 0.6) is 0 Å². The first-order valence-electron chi connectivity index (χ1n) is 5.54. The van der Waals surface area contributed by atoms with Crippen LogP contribution in [0.25, 0.3) is 0 Å². The van der Waals surface area contributed by atoms with E-state index in [1.807, 2.05) is 0 Å². The fourth-order valence-electron chi connectivity index (χ4n) is 1.51. The van der Waals surface area contributed by atoms with Crippen molar-refractivity contribution in [2.45, 2.75) is 11.8 Å². The van der Waals surface area contributed by atoms with Gasteiger partial charge in [-0.2, -0.15) is 4.37 Å². The number of aryl methyl sites for hydroxylation is 1. The van der Waals surface area contributed by atoms with E-state index in [1.54, 1.807) is 6.92 Å². The van der Waals surface area contributed by atoms with Crippen LogP contribution in [0.4, 0.5) is 9.52 Å². The second-order valence-electron chi connectivity index (χ2n) is 3.88. The van der Waals surface area contributed by atoms with E-state index in [1.165, 1.54) is 0 Å². The summed E-state index contributed by atoms with van der Waals surface area (Å²) in [4.78, 5) is 14.9. The molecule has 0 saturated carbocycles. The average Bonchev–Trinajstić information content (AvgIpc) is 2.82. The lowest BCUT2D eigenvalue weighted by molar-refractivity contribution is 0.0596. The topological polar surface area (TPSA) is 98.2 Å². The van der Waals surface area contributed by atoms with Crippen LogP contribution in [0.1, 0.15) is 16.2 Å². The lowest BCUT2D eigenvalue weighted by Crippen LogP contribution is -2.17. The minimum Gasteiger partial charge on any atom is -0.465 e. The van der Waals surface area contributed by atoms with Gasteiger partial charge in [-0.1, -0.05) is 0 Å². The highest BCUT2D eigenvalue weighted by Crippen LogP contribution is 2.22. The number of nitrogens with zero attached hydrogens (tertiary/aromatic N) is 2. The third-order valence-corrected chi connectivity index (χ3v) is 4.62. The molecule has 2 aromatic rings. The van der Waals surface area contributed by atoms with Gasteiger partial charge in [-0.3, -0.25) is 4.72 Å². The molecule has 1 N–H and O–H groups in total. The van der Waals surface area contributed by atoms with E-state index in [-0.39, 0.29) is 10.7 Å². The van der Waals surface area contributed by atoms with E-state index < -0.39 is 26.7 Å². The van der Waals surface area contributed by atoms with Crippen LogP contribution >= 0.6 is 11.5 Å². The Hall–Kier alpha value is -2.07. The molecule has 0 aliphatic rings. The van der Waals surface area contributed by atoms with Gasteiger partial charge < -0.3 is 4.74 Å². The fraction of sp³-hybridized carbons (Fsp3) is 0.182. The first-order valence-corrected chi connectivity index (χ1v) is 7.80. The summed E-state index contributed by atoms with van der Waals surface area (Å²) in [5, 5.41) is 0.0209. The van der Waals surface area contributed by atoms with Crippen molar-refractivity contribution < 1.29 is 22.3 Å². The van der Waals surface area contributed by atoms with Crippen molar-refractivity contribution in [3.63, 3.8) is 0 Å². The van der Waals surface area contributed by atoms with Crippen LogP contribution in [0.2, 0.25) is 0 Å². The summed E-state index contributed by atoms with van der Waals surface area (Å²) in [6, 6.07) is 2.75. The van der Waals surface area contributed by atoms with Gasteiger partial charge in [0.05, 0.1) is 12.7 Å². The highest BCUT2D eigenvalue weighted by atomic mass is 32.2. The zero-order valence-corrected chi connectivity index (χ0v) is 12.6. The summed E-state index contributed by atoms with van der Waals surface area (Å²) in [5.41, 5.74) is -0.271. The number of nitrogens with one attached hydrogen (secondary N) is 1. The van der Waals surface area contributed by atoms with Crippen LogP contribution in [0, 0.1) is 12.7 Å². The van der Waals surface area contributed by atoms with Gasteiger partial charge in [0.15, 0.2) is 0 Å². The number of aromatic nitrogens is 2. The summed E-state index contributed by atoms with van der Waals surface area (Å²) in [7, 11) is -3.09. The summed E-state index contributed by atoms with van der Waals surface area (Å²) in [5.74, 6) is -1.29. The van der Waals surface area contributed by atoms with E-state index in [2.05, 4.69) is 18.8 Å². The largest absolute Gasteiger partial charge is 0.465 e. The number of benzene rings is 1. The number of hydrogen-bond acceptors (Lipinski definition) is 7. The molecule has 0 fully saturated rings. The SMILES string of the molecule is COC(=O)c1ccc(F)cc1S(=O)(=O)Nc1nc(C)ns1.